The van der Waals surface area contributed by atoms with Gasteiger partial charge < -0.3 is 83.0 Å². The minimum absolute atomic E-state index is 0.00361. The van der Waals surface area contributed by atoms with Gasteiger partial charge in [0, 0.05) is 48.2 Å². The second-order valence-electron chi connectivity index (χ2n) is 19.9. The summed E-state index contributed by atoms with van der Waals surface area (Å²) >= 11 is 0. The first-order valence-electron chi connectivity index (χ1n) is 22.7. The van der Waals surface area contributed by atoms with Crippen LogP contribution >= 0.6 is 0 Å². The Morgan fingerprint density at radius 2 is 1.56 bits per heavy atom. The summed E-state index contributed by atoms with van der Waals surface area (Å²) in [5.41, 5.74) is 24.9. The van der Waals surface area contributed by atoms with Gasteiger partial charge >= 0.3 is 5.97 Å². The van der Waals surface area contributed by atoms with E-state index in [0.29, 0.717) is 24.8 Å². The van der Waals surface area contributed by atoms with Gasteiger partial charge in [-0.1, -0.05) is 25.5 Å². The summed E-state index contributed by atoms with van der Waals surface area (Å²) in [6, 6.07) is -3.76. The van der Waals surface area contributed by atoms with Gasteiger partial charge in [0.15, 0.2) is 29.8 Å². The third-order valence-electron chi connectivity index (χ3n) is 16.2. The lowest BCUT2D eigenvalue weighted by atomic mass is 9.44. The van der Waals surface area contributed by atoms with Crippen LogP contribution in [0.4, 0.5) is 4.39 Å². The number of Topliss-reactive ketones (excluding diaryl/α,β-unsaturated/α-hetero) is 1. The molecule has 16 N–H and O–H groups in total. The highest BCUT2D eigenvalue weighted by Crippen LogP contribution is 2.70. The maximum Gasteiger partial charge on any atom is 0.305 e. The summed E-state index contributed by atoms with van der Waals surface area (Å²) in [5.74, 6) is -3.13. The van der Waals surface area contributed by atoms with Crippen molar-refractivity contribution in [1.29, 1.82) is 0 Å². The van der Waals surface area contributed by atoms with Crippen molar-refractivity contribution >= 4 is 17.5 Å². The molecule has 22 atom stereocenters. The highest BCUT2D eigenvalue weighted by molar-refractivity contribution is 6.01. The van der Waals surface area contributed by atoms with Crippen LogP contribution in [-0.4, -0.2) is 164 Å². The molecule has 2 saturated heterocycles. The first kappa shape index (κ1) is 49.5. The molecule has 0 amide bonds. The van der Waals surface area contributed by atoms with E-state index in [-0.39, 0.29) is 50.9 Å². The van der Waals surface area contributed by atoms with Crippen LogP contribution < -0.4 is 28.7 Å². The molecule has 5 aliphatic carbocycles. The lowest BCUT2D eigenvalue weighted by Crippen LogP contribution is -2.69. The number of halogens is 1. The van der Waals surface area contributed by atoms with E-state index < -0.39 is 150 Å². The molecule has 6 fully saturated rings. The Kier molecular flexibility index (Phi) is 14.4. The Hall–Kier alpha value is -2.38. The molecule has 20 heteroatoms. The summed E-state index contributed by atoms with van der Waals surface area (Å²) in [5, 5.41) is 67.3. The highest BCUT2D eigenvalue weighted by Gasteiger charge is 2.75. The zero-order chi connectivity index (χ0) is 46.8. The fourth-order valence-electron chi connectivity index (χ4n) is 12.4. The minimum Gasteiger partial charge on any atom is -0.463 e. The molecular formula is C44H69FN5O14. The largest absolute Gasteiger partial charge is 0.463 e. The minimum atomic E-state index is -2.10. The zero-order valence-corrected chi connectivity index (χ0v) is 36.7. The van der Waals surface area contributed by atoms with Gasteiger partial charge in [-0.05, 0) is 82.3 Å². The van der Waals surface area contributed by atoms with Gasteiger partial charge in [0.05, 0.1) is 30.4 Å². The number of esters is 1. The molecule has 0 aromatic rings. The van der Waals surface area contributed by atoms with E-state index >= 15 is 4.39 Å². The predicted octanol–water partition coefficient (Wildman–Crippen LogP) is -2.45. The quantitative estimate of drug-likeness (QED) is 0.0675. The number of rotatable bonds is 13. The maximum absolute atomic E-state index is 17.5. The summed E-state index contributed by atoms with van der Waals surface area (Å²) < 4.78 is 46.5. The smallest absolute Gasteiger partial charge is 0.305 e. The standard InChI is InChI=1S/C44H69FN5O14/c1-19-12-23-22-9-8-20-13-21(51)10-11-41(20,2)43(22,45)31(54)16-42(23,3)44(19,59)30(53)6-4-5-7-32(55)60-18-29-34(56)33(50)35(57)40(62-29)64-38-25(48)14-24(47)37(36(38)58)63-39-26(49)15-27(52)28(17-46)61-39/h6,10-11,13,19,22-29,31,33-40,52,54,56-59H,4-5,7-9,12,14-18,46-50H2,1-3H3/t19-,22?,23?,24+,25-,26-,27+,28-,29-,31+,33+,34-,35-,36+,37-,38+,39-,40-,41+,42+,43+,44+/m1/s1. The van der Waals surface area contributed by atoms with Crippen molar-refractivity contribution < 1.29 is 73.1 Å². The third-order valence-corrected chi connectivity index (χ3v) is 16.2. The molecule has 4 saturated carbocycles. The van der Waals surface area contributed by atoms with Gasteiger partial charge in [-0.3, -0.25) is 14.4 Å². The zero-order valence-electron chi connectivity index (χ0n) is 36.7. The van der Waals surface area contributed by atoms with Crippen molar-refractivity contribution in [2.75, 3.05) is 13.2 Å². The van der Waals surface area contributed by atoms with Crippen LogP contribution in [0.3, 0.4) is 0 Å². The molecule has 64 heavy (non-hydrogen) atoms. The van der Waals surface area contributed by atoms with Crippen LogP contribution in [0, 0.1) is 35.0 Å². The van der Waals surface area contributed by atoms with E-state index in [1.54, 1.807) is 26.8 Å². The molecular weight excluding hydrogens is 842 g/mol. The summed E-state index contributed by atoms with van der Waals surface area (Å²) in [6.45, 7) is 4.73. The van der Waals surface area contributed by atoms with Crippen molar-refractivity contribution in [2.24, 2.45) is 57.3 Å². The molecule has 0 spiro atoms. The number of aliphatic hydroxyl groups excluding tert-OH is 5. The number of alkyl halides is 1. The van der Waals surface area contributed by atoms with E-state index in [1.807, 2.05) is 0 Å². The van der Waals surface area contributed by atoms with E-state index in [4.69, 9.17) is 52.4 Å². The Balaban J connectivity index is 0.907. The lowest BCUT2D eigenvalue weighted by Gasteiger charge is -2.62. The monoisotopic (exact) mass is 910 g/mol. The number of allylic oxidation sites excluding steroid dienone is 4. The van der Waals surface area contributed by atoms with Crippen LogP contribution in [0.25, 0.3) is 0 Å². The molecule has 7 aliphatic rings. The van der Waals surface area contributed by atoms with Gasteiger partial charge in [0.1, 0.15) is 48.8 Å². The molecule has 0 aromatic carbocycles. The van der Waals surface area contributed by atoms with Crippen molar-refractivity contribution in [3.05, 3.63) is 30.2 Å². The van der Waals surface area contributed by atoms with Crippen molar-refractivity contribution in [3.63, 3.8) is 0 Å². The molecule has 2 aliphatic heterocycles. The van der Waals surface area contributed by atoms with Crippen LogP contribution in [0.15, 0.2) is 23.8 Å². The summed E-state index contributed by atoms with van der Waals surface area (Å²) in [4.78, 5) is 39.0. The number of unbranched alkanes of at least 4 members (excludes halogenated alkanes) is 1. The summed E-state index contributed by atoms with van der Waals surface area (Å²) in [6.07, 6.45) is -6.96. The van der Waals surface area contributed by atoms with Crippen LogP contribution in [0.1, 0.15) is 78.6 Å². The molecule has 1 radical (unpaired) electrons. The maximum atomic E-state index is 17.5. The molecule has 361 valence electrons. The first-order valence-corrected chi connectivity index (χ1v) is 22.7. The molecule has 0 aromatic heterocycles. The van der Waals surface area contributed by atoms with Crippen LogP contribution in [0.2, 0.25) is 0 Å². The second-order valence-corrected chi connectivity index (χ2v) is 19.9. The number of ether oxygens (including phenoxy) is 5. The summed E-state index contributed by atoms with van der Waals surface area (Å²) in [7, 11) is 0. The SMILES string of the molecule is C[C@@H]1CC2C3CCC4=CC(=O)C=C[C@]4(C)[C@@]3(F)[C@@H](O)C[C@]2(C)[C@@]1(O)C(=O)[CH]CCCC(=O)OC[C@H]1O[C@H](O[C@@H]2[C@@H](O)[C@H](O[C@H]3O[C@H](CN)[C@@H](O)C[C@H]3N)[C@@H](N)C[C@H]2N)[C@H](O)[C@@H](N)[C@@H]1O. The van der Waals surface area contributed by atoms with E-state index in [1.165, 1.54) is 18.6 Å². The topological polar surface area (TPSA) is 349 Å². The Labute approximate surface area is 372 Å². The van der Waals surface area contributed by atoms with Crippen molar-refractivity contribution in [2.45, 2.75) is 182 Å². The fourth-order valence-corrected chi connectivity index (χ4v) is 12.4. The Morgan fingerprint density at radius 1 is 0.906 bits per heavy atom. The van der Waals surface area contributed by atoms with E-state index in [2.05, 4.69) is 0 Å². The fraction of sp³-hybridized carbons (Fsp3) is 0.818. The number of hydrogen-bond acceptors (Lipinski definition) is 19. The highest BCUT2D eigenvalue weighted by atomic mass is 19.1. The van der Waals surface area contributed by atoms with Crippen molar-refractivity contribution in [1.82, 2.24) is 0 Å². The van der Waals surface area contributed by atoms with Crippen LogP contribution in [-0.2, 0) is 38.1 Å². The number of hydrogen-bond donors (Lipinski definition) is 11. The van der Waals surface area contributed by atoms with Gasteiger partial charge in [-0.15, -0.1) is 0 Å². The molecule has 2 unspecified atom stereocenters. The number of aliphatic hydroxyl groups is 6. The number of carbonyl (C=O) groups is 3. The predicted molar refractivity (Wildman–Crippen MR) is 223 cm³/mol. The third kappa shape index (κ3) is 8.25. The average molecular weight is 911 g/mol. The van der Waals surface area contributed by atoms with Crippen LogP contribution in [0.5, 0.6) is 0 Å². The molecule has 7 rings (SSSR count). The normalized spacial score (nSPS) is 50.2. The molecule has 19 nitrogen and oxygen atoms in total. The number of fused-ring (bicyclic) bond motifs is 5. The van der Waals surface area contributed by atoms with Gasteiger partial charge in [0.2, 0.25) is 0 Å². The first-order chi connectivity index (χ1) is 30.0. The number of ketones is 2. The van der Waals surface area contributed by atoms with Gasteiger partial charge in [0.25, 0.3) is 0 Å². The molecule has 2 heterocycles. The lowest BCUT2D eigenvalue weighted by molar-refractivity contribution is -0.315. The average Bonchev–Trinajstić information content (AvgIpc) is 3.44. The van der Waals surface area contributed by atoms with Gasteiger partial charge in [-0.2, -0.15) is 0 Å². The number of nitrogens with two attached hydrogens (primary N) is 5. The Morgan fingerprint density at radius 3 is 2.23 bits per heavy atom. The van der Waals surface area contributed by atoms with E-state index in [0.717, 1.165) is 0 Å². The van der Waals surface area contributed by atoms with E-state index in [9.17, 15) is 45.0 Å². The number of carbonyl (C=O) groups excluding carboxylic acids is 3. The molecule has 0 bridgehead atoms. The van der Waals surface area contributed by atoms with Gasteiger partial charge in [-0.25, -0.2) is 4.39 Å². The van der Waals surface area contributed by atoms with Crippen molar-refractivity contribution in [3.8, 4) is 0 Å². The second kappa shape index (κ2) is 18.6. The Bertz CT molecular complexity index is 1820.